The molecule has 31 heavy (non-hydrogen) atoms. The van der Waals surface area contributed by atoms with Gasteiger partial charge in [0.2, 0.25) is 5.91 Å². The van der Waals surface area contributed by atoms with E-state index in [0.29, 0.717) is 18.0 Å². The van der Waals surface area contributed by atoms with Crippen LogP contribution in [0.4, 0.5) is 0 Å². The zero-order valence-corrected chi connectivity index (χ0v) is 18.2. The highest BCUT2D eigenvalue weighted by Gasteiger charge is 2.21. The second kappa shape index (κ2) is 8.35. The number of hydrogen-bond acceptors (Lipinski definition) is 6. The molecule has 0 spiro atoms. The van der Waals surface area contributed by atoms with Crippen molar-refractivity contribution in [3.63, 3.8) is 0 Å². The number of carbonyl (C=O) groups is 1. The number of hydrogen-bond donors (Lipinski definition) is 1. The SMILES string of the molecule is CNCc1cc(Oc2ccc3c(ccn3C(=O)Cc3cc(C(C)(C)C)on3)c2)ccn1. The van der Waals surface area contributed by atoms with Crippen molar-refractivity contribution in [2.45, 2.75) is 39.2 Å². The van der Waals surface area contributed by atoms with Gasteiger partial charge in [-0.2, -0.15) is 0 Å². The Balaban J connectivity index is 1.51. The van der Waals surface area contributed by atoms with Crippen molar-refractivity contribution in [3.05, 3.63) is 72.0 Å². The van der Waals surface area contributed by atoms with Crippen LogP contribution in [0.2, 0.25) is 0 Å². The largest absolute Gasteiger partial charge is 0.457 e. The Labute approximate surface area is 181 Å². The van der Waals surface area contributed by atoms with Gasteiger partial charge in [0.15, 0.2) is 0 Å². The van der Waals surface area contributed by atoms with Gasteiger partial charge in [-0.05, 0) is 37.4 Å². The maximum atomic E-state index is 12.9. The van der Waals surface area contributed by atoms with Gasteiger partial charge in [-0.1, -0.05) is 25.9 Å². The summed E-state index contributed by atoms with van der Waals surface area (Å²) in [7, 11) is 1.88. The summed E-state index contributed by atoms with van der Waals surface area (Å²) in [4.78, 5) is 17.2. The summed E-state index contributed by atoms with van der Waals surface area (Å²) >= 11 is 0. The highest BCUT2D eigenvalue weighted by Crippen LogP contribution is 2.27. The summed E-state index contributed by atoms with van der Waals surface area (Å²) in [5.74, 6) is 2.12. The number of nitrogens with zero attached hydrogens (tertiary/aromatic N) is 3. The molecule has 4 rings (SSSR count). The van der Waals surface area contributed by atoms with Crippen molar-refractivity contribution in [1.29, 1.82) is 0 Å². The minimum atomic E-state index is -0.145. The molecular weight excluding hydrogens is 392 g/mol. The van der Waals surface area contributed by atoms with Gasteiger partial charge in [0.05, 0.1) is 23.3 Å². The molecule has 1 aromatic carbocycles. The highest BCUT2D eigenvalue weighted by molar-refractivity contribution is 5.93. The average Bonchev–Trinajstić information content (AvgIpc) is 3.35. The van der Waals surface area contributed by atoms with E-state index in [1.54, 1.807) is 17.0 Å². The normalized spacial score (nSPS) is 11.7. The van der Waals surface area contributed by atoms with Crippen LogP contribution in [0.25, 0.3) is 10.9 Å². The Morgan fingerprint density at radius 2 is 1.90 bits per heavy atom. The van der Waals surface area contributed by atoms with Crippen LogP contribution >= 0.6 is 0 Å². The van der Waals surface area contributed by atoms with Crippen molar-refractivity contribution in [2.24, 2.45) is 0 Å². The van der Waals surface area contributed by atoms with Gasteiger partial charge in [-0.3, -0.25) is 14.3 Å². The second-order valence-corrected chi connectivity index (χ2v) is 8.52. The first-order valence-corrected chi connectivity index (χ1v) is 10.2. The monoisotopic (exact) mass is 418 g/mol. The molecule has 0 amide bonds. The molecule has 0 atom stereocenters. The first kappa shape index (κ1) is 20.8. The van der Waals surface area contributed by atoms with E-state index in [9.17, 15) is 4.79 Å². The van der Waals surface area contributed by atoms with E-state index in [1.807, 2.05) is 70.3 Å². The lowest BCUT2D eigenvalue weighted by Crippen LogP contribution is -2.12. The van der Waals surface area contributed by atoms with E-state index in [1.165, 1.54) is 0 Å². The van der Waals surface area contributed by atoms with Crippen LogP contribution in [-0.2, 0) is 18.4 Å². The van der Waals surface area contributed by atoms with Gasteiger partial charge >= 0.3 is 0 Å². The van der Waals surface area contributed by atoms with Gasteiger partial charge in [0.25, 0.3) is 0 Å². The van der Waals surface area contributed by atoms with E-state index < -0.39 is 0 Å². The number of benzene rings is 1. The Morgan fingerprint density at radius 1 is 1.10 bits per heavy atom. The third kappa shape index (κ3) is 4.67. The first-order chi connectivity index (χ1) is 14.8. The number of rotatable bonds is 6. The van der Waals surface area contributed by atoms with Crippen LogP contribution in [0.5, 0.6) is 11.5 Å². The van der Waals surface area contributed by atoms with Crippen LogP contribution in [0, 0.1) is 0 Å². The molecule has 4 aromatic rings. The third-order valence-corrected chi connectivity index (χ3v) is 4.94. The van der Waals surface area contributed by atoms with Gasteiger partial charge in [-0.25, -0.2) is 0 Å². The molecular formula is C24H26N4O3. The van der Waals surface area contributed by atoms with E-state index in [4.69, 9.17) is 9.26 Å². The van der Waals surface area contributed by atoms with Gasteiger partial charge < -0.3 is 14.6 Å². The minimum absolute atomic E-state index is 0.0664. The maximum absolute atomic E-state index is 12.9. The fraction of sp³-hybridized carbons (Fsp3) is 0.292. The summed E-state index contributed by atoms with van der Waals surface area (Å²) in [5, 5.41) is 8.05. The lowest BCUT2D eigenvalue weighted by molar-refractivity contribution is 0.0917. The molecule has 0 bridgehead atoms. The average molecular weight is 418 g/mol. The molecule has 7 nitrogen and oxygen atoms in total. The molecule has 0 unspecified atom stereocenters. The number of ether oxygens (including phenoxy) is 1. The highest BCUT2D eigenvalue weighted by atomic mass is 16.5. The van der Waals surface area contributed by atoms with Crippen LogP contribution < -0.4 is 10.1 Å². The number of fused-ring (bicyclic) bond motifs is 1. The van der Waals surface area contributed by atoms with Crippen LogP contribution in [0.15, 0.2) is 59.4 Å². The number of carbonyl (C=O) groups excluding carboxylic acids is 1. The Hall–Kier alpha value is -3.45. The molecule has 7 heteroatoms. The van der Waals surface area contributed by atoms with Crippen molar-refractivity contribution < 1.29 is 14.1 Å². The molecule has 0 aliphatic heterocycles. The number of nitrogens with one attached hydrogen (secondary N) is 1. The topological polar surface area (TPSA) is 82.2 Å². The smallest absolute Gasteiger partial charge is 0.237 e. The van der Waals surface area contributed by atoms with Crippen LogP contribution in [0.3, 0.4) is 0 Å². The van der Waals surface area contributed by atoms with Gasteiger partial charge in [0, 0.05) is 41.9 Å². The predicted molar refractivity (Wildman–Crippen MR) is 119 cm³/mol. The van der Waals surface area contributed by atoms with E-state index in [-0.39, 0.29) is 17.7 Å². The lowest BCUT2D eigenvalue weighted by Gasteiger charge is -2.12. The summed E-state index contributed by atoms with van der Waals surface area (Å²) in [5.41, 5.74) is 2.21. The molecule has 3 aromatic heterocycles. The van der Waals surface area contributed by atoms with Gasteiger partial charge in [0.1, 0.15) is 17.3 Å². The zero-order valence-electron chi connectivity index (χ0n) is 18.2. The summed E-state index contributed by atoms with van der Waals surface area (Å²) in [6.07, 6.45) is 3.68. The van der Waals surface area contributed by atoms with Crippen molar-refractivity contribution >= 4 is 16.8 Å². The molecule has 3 heterocycles. The predicted octanol–water partition coefficient (Wildman–Crippen LogP) is 4.72. The standard InChI is InChI=1S/C24H26N4O3/c1-24(2,3)22-13-17(27-31-22)14-23(29)28-10-8-16-11-19(5-6-21(16)28)30-20-7-9-26-18(12-20)15-25-4/h5-13,25H,14-15H2,1-4H3. The summed E-state index contributed by atoms with van der Waals surface area (Å²) < 4.78 is 13.0. The molecule has 0 saturated carbocycles. The number of pyridine rings is 1. The Morgan fingerprint density at radius 3 is 2.65 bits per heavy atom. The molecule has 160 valence electrons. The van der Waals surface area contributed by atoms with E-state index >= 15 is 0 Å². The second-order valence-electron chi connectivity index (χ2n) is 8.52. The molecule has 0 aliphatic rings. The lowest BCUT2D eigenvalue weighted by atomic mass is 9.93. The summed E-state index contributed by atoms with van der Waals surface area (Å²) in [6, 6.07) is 13.2. The molecule has 1 N–H and O–H groups in total. The molecule has 0 radical (unpaired) electrons. The quantitative estimate of drug-likeness (QED) is 0.488. The zero-order chi connectivity index (χ0) is 22.0. The van der Waals surface area contributed by atoms with Crippen molar-refractivity contribution in [1.82, 2.24) is 20.0 Å². The fourth-order valence-corrected chi connectivity index (χ4v) is 3.32. The molecule has 0 saturated heterocycles. The van der Waals surface area contributed by atoms with Gasteiger partial charge in [-0.15, -0.1) is 0 Å². The van der Waals surface area contributed by atoms with E-state index in [2.05, 4.69) is 15.5 Å². The minimum Gasteiger partial charge on any atom is -0.457 e. The van der Waals surface area contributed by atoms with Crippen molar-refractivity contribution in [2.75, 3.05) is 7.05 Å². The van der Waals surface area contributed by atoms with Crippen LogP contribution in [-0.4, -0.2) is 27.7 Å². The fourth-order valence-electron chi connectivity index (χ4n) is 3.32. The molecule has 0 aliphatic carbocycles. The number of aromatic nitrogens is 3. The maximum Gasteiger partial charge on any atom is 0.237 e. The van der Waals surface area contributed by atoms with Crippen molar-refractivity contribution in [3.8, 4) is 11.5 Å². The molecule has 0 fully saturated rings. The van der Waals surface area contributed by atoms with Crippen LogP contribution in [0.1, 0.15) is 42.7 Å². The first-order valence-electron chi connectivity index (χ1n) is 10.2. The van der Waals surface area contributed by atoms with E-state index in [0.717, 1.165) is 28.1 Å². The summed E-state index contributed by atoms with van der Waals surface area (Å²) in [6.45, 7) is 6.81. The third-order valence-electron chi connectivity index (χ3n) is 4.94. The Kier molecular flexibility index (Phi) is 5.61. The Bertz CT molecular complexity index is 1220.